The smallest absolute Gasteiger partial charge is 0.223 e. The van der Waals surface area contributed by atoms with E-state index in [4.69, 9.17) is 0 Å². The van der Waals surface area contributed by atoms with E-state index in [2.05, 4.69) is 16.7 Å². The summed E-state index contributed by atoms with van der Waals surface area (Å²) in [5, 5.41) is 0. The molecule has 1 atom stereocenters. The second-order valence-corrected chi connectivity index (χ2v) is 4.34. The lowest BCUT2D eigenvalue weighted by Gasteiger charge is -2.20. The minimum atomic E-state index is 0.0232. The molecule has 1 rings (SSSR count). The average molecular weight is 222 g/mol. The Morgan fingerprint density at radius 2 is 2.06 bits per heavy atom. The number of likely N-dealkylation sites (tertiary alicyclic amines) is 1. The Morgan fingerprint density at radius 3 is 2.62 bits per heavy atom. The molecule has 3 heteroatoms. The molecular weight excluding hydrogens is 200 g/mol. The van der Waals surface area contributed by atoms with Gasteiger partial charge in [0.05, 0.1) is 12.6 Å². The molecule has 1 heterocycles. The molecule has 0 aromatic rings. The molecule has 0 aliphatic carbocycles. The van der Waals surface area contributed by atoms with Crippen molar-refractivity contribution in [2.24, 2.45) is 0 Å². The van der Waals surface area contributed by atoms with E-state index >= 15 is 0 Å². The number of hydrogen-bond acceptors (Lipinski definition) is 2. The van der Waals surface area contributed by atoms with E-state index in [1.54, 1.807) is 4.90 Å². The van der Waals surface area contributed by atoms with Crippen molar-refractivity contribution < 1.29 is 4.79 Å². The van der Waals surface area contributed by atoms with Crippen LogP contribution < -0.4 is 0 Å². The third kappa shape index (κ3) is 3.86. The maximum atomic E-state index is 11.4. The molecule has 0 aromatic heterocycles. The van der Waals surface area contributed by atoms with Crippen molar-refractivity contribution in [2.45, 2.75) is 39.2 Å². The molecule has 90 valence electrons. The van der Waals surface area contributed by atoms with Gasteiger partial charge in [0.1, 0.15) is 0 Å². The monoisotopic (exact) mass is 222 g/mol. The van der Waals surface area contributed by atoms with E-state index in [-0.39, 0.29) is 11.9 Å². The average Bonchev–Trinajstić information content (AvgIpc) is 2.79. The first kappa shape index (κ1) is 13.1. The summed E-state index contributed by atoms with van der Waals surface area (Å²) in [5.41, 5.74) is 0. The van der Waals surface area contributed by atoms with Crippen molar-refractivity contribution in [3.8, 4) is 11.8 Å². The molecule has 1 aliphatic heterocycles. The molecule has 0 bridgehead atoms. The molecule has 0 radical (unpaired) electrons. The van der Waals surface area contributed by atoms with Crippen molar-refractivity contribution in [3.05, 3.63) is 0 Å². The highest BCUT2D eigenvalue weighted by Gasteiger charge is 2.12. The van der Waals surface area contributed by atoms with Crippen LogP contribution >= 0.6 is 0 Å². The van der Waals surface area contributed by atoms with Gasteiger partial charge in [-0.1, -0.05) is 18.8 Å². The molecule has 3 nitrogen and oxygen atoms in total. The first-order valence-electron chi connectivity index (χ1n) is 6.11. The highest BCUT2D eigenvalue weighted by atomic mass is 16.2. The quantitative estimate of drug-likeness (QED) is 0.673. The Hall–Kier alpha value is -1.01. The largest absolute Gasteiger partial charge is 0.332 e. The fourth-order valence-electron chi connectivity index (χ4n) is 1.81. The molecular formula is C13H22N2O. The van der Waals surface area contributed by atoms with Crippen LogP contribution in [0.1, 0.15) is 33.1 Å². The van der Waals surface area contributed by atoms with Gasteiger partial charge in [-0.25, -0.2) is 0 Å². The first-order chi connectivity index (χ1) is 7.65. The van der Waals surface area contributed by atoms with E-state index in [1.807, 2.05) is 20.9 Å². The lowest BCUT2D eigenvalue weighted by Crippen LogP contribution is -2.33. The van der Waals surface area contributed by atoms with Crippen LogP contribution in [0.25, 0.3) is 0 Å². The van der Waals surface area contributed by atoms with Gasteiger partial charge in [0.25, 0.3) is 0 Å². The van der Waals surface area contributed by atoms with Crippen LogP contribution in [-0.2, 0) is 4.79 Å². The van der Waals surface area contributed by atoms with Crippen molar-refractivity contribution >= 4 is 5.91 Å². The lowest BCUT2D eigenvalue weighted by atomic mass is 10.2. The van der Waals surface area contributed by atoms with E-state index in [1.165, 1.54) is 25.9 Å². The summed E-state index contributed by atoms with van der Waals surface area (Å²) in [7, 11) is 1.82. The maximum Gasteiger partial charge on any atom is 0.223 e. The first-order valence-corrected chi connectivity index (χ1v) is 6.11. The lowest BCUT2D eigenvalue weighted by molar-refractivity contribution is -0.130. The molecule has 0 spiro atoms. The Kier molecular flexibility index (Phi) is 5.34. The standard InChI is InChI=1S/C13H22N2O/c1-4-13(16)14(3)12(2)8-7-11-15-9-5-6-10-15/h12H,4-6,9-11H2,1-3H3. The van der Waals surface area contributed by atoms with Crippen LogP contribution in [0.3, 0.4) is 0 Å². The molecule has 0 saturated carbocycles. The van der Waals surface area contributed by atoms with E-state index in [0.717, 1.165) is 6.54 Å². The summed E-state index contributed by atoms with van der Waals surface area (Å²) in [4.78, 5) is 15.5. The van der Waals surface area contributed by atoms with Gasteiger partial charge in [-0.2, -0.15) is 0 Å². The molecule has 1 aliphatic rings. The van der Waals surface area contributed by atoms with Crippen LogP contribution in [0.5, 0.6) is 0 Å². The second kappa shape index (κ2) is 6.55. The van der Waals surface area contributed by atoms with Crippen LogP contribution in [0.2, 0.25) is 0 Å². The number of amides is 1. The predicted octanol–water partition coefficient (Wildman–Crippen LogP) is 1.34. The van der Waals surface area contributed by atoms with Gasteiger partial charge in [-0.15, -0.1) is 0 Å². The number of hydrogen-bond donors (Lipinski definition) is 0. The van der Waals surface area contributed by atoms with Gasteiger partial charge in [0, 0.05) is 13.5 Å². The second-order valence-electron chi connectivity index (χ2n) is 4.34. The van der Waals surface area contributed by atoms with Crippen molar-refractivity contribution in [3.63, 3.8) is 0 Å². The summed E-state index contributed by atoms with van der Waals surface area (Å²) >= 11 is 0. The highest BCUT2D eigenvalue weighted by molar-refractivity contribution is 5.76. The molecule has 0 N–H and O–H groups in total. The summed E-state index contributed by atoms with van der Waals surface area (Å²) in [6, 6.07) is 0.0232. The van der Waals surface area contributed by atoms with Gasteiger partial charge in [-0.3, -0.25) is 9.69 Å². The fraction of sp³-hybridized carbons (Fsp3) is 0.769. The zero-order valence-corrected chi connectivity index (χ0v) is 10.6. The summed E-state index contributed by atoms with van der Waals surface area (Å²) < 4.78 is 0. The minimum absolute atomic E-state index is 0.0232. The molecule has 16 heavy (non-hydrogen) atoms. The van der Waals surface area contributed by atoms with Gasteiger partial charge in [-0.05, 0) is 32.9 Å². The van der Waals surface area contributed by atoms with Crippen LogP contribution in [0.4, 0.5) is 0 Å². The number of carbonyl (C=O) groups is 1. The summed E-state index contributed by atoms with van der Waals surface area (Å²) in [5.74, 6) is 6.46. The van der Waals surface area contributed by atoms with Gasteiger partial charge in [0.2, 0.25) is 5.91 Å². The van der Waals surface area contributed by atoms with Gasteiger partial charge < -0.3 is 4.90 Å². The molecule has 1 fully saturated rings. The molecule has 1 amide bonds. The Labute approximate surface area is 98.8 Å². The van der Waals surface area contributed by atoms with Crippen LogP contribution in [-0.4, -0.2) is 48.4 Å². The van der Waals surface area contributed by atoms with Crippen molar-refractivity contribution in [1.29, 1.82) is 0 Å². The van der Waals surface area contributed by atoms with Crippen molar-refractivity contribution in [2.75, 3.05) is 26.7 Å². The number of carbonyl (C=O) groups excluding carboxylic acids is 1. The normalized spacial score (nSPS) is 17.7. The van der Waals surface area contributed by atoms with E-state index in [9.17, 15) is 4.79 Å². The Bertz CT molecular complexity index is 284. The minimum Gasteiger partial charge on any atom is -0.332 e. The Morgan fingerprint density at radius 1 is 1.44 bits per heavy atom. The summed E-state index contributed by atoms with van der Waals surface area (Å²) in [6.07, 6.45) is 3.14. The van der Waals surface area contributed by atoms with E-state index < -0.39 is 0 Å². The van der Waals surface area contributed by atoms with E-state index in [0.29, 0.717) is 6.42 Å². The third-order valence-electron chi connectivity index (χ3n) is 3.09. The SMILES string of the molecule is CCC(=O)N(C)C(C)C#CCN1CCCC1. The molecule has 1 unspecified atom stereocenters. The summed E-state index contributed by atoms with van der Waals surface area (Å²) in [6.45, 7) is 7.05. The molecule has 0 aromatic carbocycles. The number of nitrogens with zero attached hydrogens (tertiary/aromatic N) is 2. The Balaban J connectivity index is 2.34. The third-order valence-corrected chi connectivity index (χ3v) is 3.09. The van der Waals surface area contributed by atoms with Gasteiger partial charge >= 0.3 is 0 Å². The van der Waals surface area contributed by atoms with Crippen molar-refractivity contribution in [1.82, 2.24) is 9.80 Å². The van der Waals surface area contributed by atoms with Gasteiger partial charge in [0.15, 0.2) is 0 Å². The zero-order chi connectivity index (χ0) is 12.0. The van der Waals surface area contributed by atoms with Crippen LogP contribution in [0, 0.1) is 11.8 Å². The zero-order valence-electron chi connectivity index (χ0n) is 10.6. The number of rotatable bonds is 3. The maximum absolute atomic E-state index is 11.4. The fourth-order valence-corrected chi connectivity index (χ4v) is 1.81. The van der Waals surface area contributed by atoms with Crippen LogP contribution in [0.15, 0.2) is 0 Å². The molecule has 1 saturated heterocycles. The highest BCUT2D eigenvalue weighted by Crippen LogP contribution is 2.05. The topological polar surface area (TPSA) is 23.6 Å². The predicted molar refractivity (Wildman–Crippen MR) is 66.0 cm³/mol.